The molecule has 33 heavy (non-hydrogen) atoms. The Labute approximate surface area is 196 Å². The number of piperidine rings is 2. The average Bonchev–Trinajstić information content (AvgIpc) is 3.57. The fourth-order valence-corrected chi connectivity index (χ4v) is 4.85. The van der Waals surface area contributed by atoms with Crippen LogP contribution in [0.2, 0.25) is 0 Å². The Morgan fingerprint density at radius 2 is 1.94 bits per heavy atom. The Bertz CT molecular complexity index is 948. The molecule has 0 radical (unpaired) electrons. The van der Waals surface area contributed by atoms with Crippen LogP contribution in [-0.4, -0.2) is 75.2 Å². The van der Waals surface area contributed by atoms with Crippen molar-refractivity contribution in [2.45, 2.75) is 63.3 Å². The number of likely N-dealkylation sites (tertiary alicyclic amines) is 2. The van der Waals surface area contributed by atoms with Crippen molar-refractivity contribution in [3.8, 4) is 0 Å². The lowest BCUT2D eigenvalue weighted by molar-refractivity contribution is -0.133. The summed E-state index contributed by atoms with van der Waals surface area (Å²) in [6.07, 6.45) is 14.3. The Morgan fingerprint density at radius 3 is 2.73 bits per heavy atom. The molecule has 3 fully saturated rings. The van der Waals surface area contributed by atoms with E-state index in [9.17, 15) is 4.79 Å². The van der Waals surface area contributed by atoms with Gasteiger partial charge in [0.05, 0.1) is 17.9 Å². The molecule has 5 rings (SSSR count). The minimum absolute atomic E-state index is 0.300. The van der Waals surface area contributed by atoms with Crippen LogP contribution in [0.15, 0.2) is 18.6 Å². The average molecular weight is 453 g/mol. The van der Waals surface area contributed by atoms with Crippen LogP contribution < -0.4 is 10.6 Å². The molecule has 178 valence electrons. The van der Waals surface area contributed by atoms with E-state index in [1.807, 2.05) is 17.3 Å². The van der Waals surface area contributed by atoms with E-state index in [0.717, 1.165) is 76.3 Å². The Morgan fingerprint density at radius 1 is 1.09 bits per heavy atom. The van der Waals surface area contributed by atoms with Gasteiger partial charge in [0, 0.05) is 44.0 Å². The number of hydrogen-bond acceptors (Lipinski definition) is 7. The molecule has 2 N–H and O–H groups in total. The Balaban J connectivity index is 1.18. The maximum atomic E-state index is 12.0. The smallest absolute Gasteiger partial charge is 0.229 e. The molecule has 0 bridgehead atoms. The van der Waals surface area contributed by atoms with Gasteiger partial charge in [-0.3, -0.25) is 9.48 Å². The molecule has 2 aromatic heterocycles. The first-order valence-electron chi connectivity index (χ1n) is 12.5. The van der Waals surface area contributed by atoms with Crippen molar-refractivity contribution in [1.29, 1.82) is 0 Å². The third kappa shape index (κ3) is 5.63. The van der Waals surface area contributed by atoms with Crippen LogP contribution in [0.5, 0.6) is 0 Å². The molecule has 2 aromatic rings. The summed E-state index contributed by atoms with van der Waals surface area (Å²) in [7, 11) is 2.17. The van der Waals surface area contributed by atoms with E-state index < -0.39 is 0 Å². The molecule has 2 aliphatic heterocycles. The van der Waals surface area contributed by atoms with Crippen molar-refractivity contribution in [3.05, 3.63) is 24.2 Å². The van der Waals surface area contributed by atoms with Gasteiger partial charge in [0.25, 0.3) is 0 Å². The maximum Gasteiger partial charge on any atom is 0.229 e. The topological polar surface area (TPSA) is 91.2 Å². The number of nitrogens with zero attached hydrogens (tertiary/aromatic N) is 6. The summed E-state index contributed by atoms with van der Waals surface area (Å²) in [6, 6.07) is 0.457. The third-order valence-electron chi connectivity index (χ3n) is 7.07. The summed E-state index contributed by atoms with van der Waals surface area (Å²) in [5.41, 5.74) is 2.12. The highest BCUT2D eigenvalue weighted by Crippen LogP contribution is 2.42. The zero-order valence-electron chi connectivity index (χ0n) is 19.7. The first-order valence-corrected chi connectivity index (χ1v) is 12.5. The minimum atomic E-state index is 0.300. The van der Waals surface area contributed by atoms with Crippen molar-refractivity contribution < 1.29 is 4.79 Å². The van der Waals surface area contributed by atoms with Crippen LogP contribution >= 0.6 is 0 Å². The molecule has 0 aromatic carbocycles. The Kier molecular flexibility index (Phi) is 6.75. The lowest BCUT2D eigenvalue weighted by atomic mass is 10.1. The second kappa shape index (κ2) is 10.1. The van der Waals surface area contributed by atoms with E-state index >= 15 is 0 Å². The molecule has 1 saturated carbocycles. The molecule has 0 atom stereocenters. The second-order valence-corrected chi connectivity index (χ2v) is 9.76. The first-order chi connectivity index (χ1) is 16.2. The van der Waals surface area contributed by atoms with Gasteiger partial charge >= 0.3 is 0 Å². The monoisotopic (exact) mass is 452 g/mol. The lowest BCUT2D eigenvalue weighted by Crippen LogP contribution is -2.36. The van der Waals surface area contributed by atoms with E-state index in [0.29, 0.717) is 30.2 Å². The van der Waals surface area contributed by atoms with Crippen LogP contribution in [0, 0.1) is 0 Å². The highest BCUT2D eigenvalue weighted by Gasteiger charge is 2.28. The van der Waals surface area contributed by atoms with E-state index in [4.69, 9.17) is 4.98 Å². The summed E-state index contributed by atoms with van der Waals surface area (Å²) >= 11 is 0. The molecule has 2 saturated heterocycles. The van der Waals surface area contributed by atoms with Crippen LogP contribution in [0.25, 0.3) is 0 Å². The number of aromatic nitrogens is 4. The summed E-state index contributed by atoms with van der Waals surface area (Å²) in [5.74, 6) is 2.38. The molecule has 0 unspecified atom stereocenters. The van der Waals surface area contributed by atoms with Gasteiger partial charge in [-0.1, -0.05) is 0 Å². The number of nitrogens with one attached hydrogen (secondary N) is 2. The largest absolute Gasteiger partial charge is 0.370 e. The Hall–Kier alpha value is -2.68. The molecular formula is C24H36N8O. The zero-order valence-corrected chi connectivity index (χ0v) is 19.7. The SMILES string of the molecule is CN1CCC(n2cc(Nc3ncc(C4CC4)c(NCCCN4CCCCC4=O)n3)cn2)CC1. The van der Waals surface area contributed by atoms with Gasteiger partial charge in [-0.2, -0.15) is 10.1 Å². The van der Waals surface area contributed by atoms with Gasteiger partial charge in [0.15, 0.2) is 0 Å². The summed E-state index contributed by atoms with van der Waals surface area (Å²) in [6.45, 7) is 4.74. The van der Waals surface area contributed by atoms with E-state index in [1.165, 1.54) is 18.4 Å². The molecule has 3 aliphatic rings. The second-order valence-electron chi connectivity index (χ2n) is 9.76. The van der Waals surface area contributed by atoms with Gasteiger partial charge in [0.2, 0.25) is 11.9 Å². The number of carbonyl (C=O) groups is 1. The number of rotatable bonds is 9. The standard InChI is InChI=1S/C24H36N8O/c1-30-13-8-20(9-14-30)32-17-19(15-27-32)28-24-26-16-21(18-6-7-18)23(29-24)25-10-4-12-31-11-3-2-5-22(31)33/h15-18,20H,2-14H2,1H3,(H2,25,26,28,29). The number of amides is 1. The molecule has 4 heterocycles. The first kappa shape index (κ1) is 22.1. The van der Waals surface area contributed by atoms with Gasteiger partial charge < -0.3 is 20.4 Å². The van der Waals surface area contributed by atoms with Gasteiger partial charge in [-0.15, -0.1) is 0 Å². The fourth-order valence-electron chi connectivity index (χ4n) is 4.85. The predicted molar refractivity (Wildman–Crippen MR) is 129 cm³/mol. The van der Waals surface area contributed by atoms with Crippen molar-refractivity contribution in [2.75, 3.05) is 50.4 Å². The van der Waals surface area contributed by atoms with Gasteiger partial charge in [-0.05, 0) is 71.0 Å². The van der Waals surface area contributed by atoms with E-state index in [2.05, 4.69) is 43.5 Å². The minimum Gasteiger partial charge on any atom is -0.370 e. The highest BCUT2D eigenvalue weighted by atomic mass is 16.2. The van der Waals surface area contributed by atoms with Crippen molar-refractivity contribution >= 4 is 23.4 Å². The molecule has 1 aliphatic carbocycles. The molecule has 9 nitrogen and oxygen atoms in total. The van der Waals surface area contributed by atoms with Crippen LogP contribution in [0.1, 0.15) is 68.9 Å². The third-order valence-corrected chi connectivity index (χ3v) is 7.07. The maximum absolute atomic E-state index is 12.0. The van der Waals surface area contributed by atoms with Crippen LogP contribution in [-0.2, 0) is 4.79 Å². The number of anilines is 3. The molecule has 9 heteroatoms. The normalized spacial score (nSPS) is 20.3. The summed E-state index contributed by atoms with van der Waals surface area (Å²) < 4.78 is 2.08. The summed E-state index contributed by atoms with van der Waals surface area (Å²) in [4.78, 5) is 25.8. The zero-order chi connectivity index (χ0) is 22.6. The van der Waals surface area contributed by atoms with E-state index in [1.54, 1.807) is 0 Å². The number of carbonyl (C=O) groups excluding carboxylic acids is 1. The highest BCUT2D eigenvalue weighted by molar-refractivity contribution is 5.76. The molecule has 1 amide bonds. The number of hydrogen-bond donors (Lipinski definition) is 2. The molecule has 0 spiro atoms. The quantitative estimate of drug-likeness (QED) is 0.564. The van der Waals surface area contributed by atoms with Gasteiger partial charge in [0.1, 0.15) is 5.82 Å². The van der Waals surface area contributed by atoms with Crippen molar-refractivity contribution in [1.82, 2.24) is 29.5 Å². The summed E-state index contributed by atoms with van der Waals surface area (Å²) in [5, 5.41) is 11.4. The van der Waals surface area contributed by atoms with E-state index in [-0.39, 0.29) is 0 Å². The van der Waals surface area contributed by atoms with Crippen molar-refractivity contribution in [2.24, 2.45) is 0 Å². The van der Waals surface area contributed by atoms with Crippen LogP contribution in [0.4, 0.5) is 17.5 Å². The van der Waals surface area contributed by atoms with Crippen LogP contribution in [0.3, 0.4) is 0 Å². The van der Waals surface area contributed by atoms with Gasteiger partial charge in [-0.25, -0.2) is 4.98 Å². The predicted octanol–water partition coefficient (Wildman–Crippen LogP) is 3.38. The van der Waals surface area contributed by atoms with Crippen molar-refractivity contribution in [3.63, 3.8) is 0 Å². The fraction of sp³-hybridized carbons (Fsp3) is 0.667. The lowest BCUT2D eigenvalue weighted by Gasteiger charge is -2.28. The molecular weight excluding hydrogens is 416 g/mol.